The number of urea groups is 1. The average molecular weight is 516 g/mol. The molecule has 6 nitrogen and oxygen atoms in total. The Morgan fingerprint density at radius 2 is 1.89 bits per heavy atom. The van der Waals surface area contributed by atoms with Gasteiger partial charge in [0.25, 0.3) is 5.91 Å². The van der Waals surface area contributed by atoms with Crippen molar-refractivity contribution in [3.05, 3.63) is 88.4 Å². The topological polar surface area (TPSA) is 61.9 Å². The standard InChI is InChI=1S/C25H20ClF2N3O3S/c1-34-18-7-9-22-19(13-18)25(23(32)30(22)14-15-2-8-20(27)21(28)12-15)31(10-11-35-25)24(33)29-17-5-3-16(26)4-6-17/h2-9,12-13H,10-11,14H2,1H3,(H,29,33). The molecule has 0 radical (unpaired) electrons. The summed E-state index contributed by atoms with van der Waals surface area (Å²) in [5, 5.41) is 3.38. The number of carbonyl (C=O) groups excluding carboxylic acids is 2. The molecular formula is C25H20ClF2N3O3S. The van der Waals surface area contributed by atoms with Crippen LogP contribution in [0.1, 0.15) is 11.1 Å². The number of fused-ring (bicyclic) bond motifs is 2. The molecule has 10 heteroatoms. The van der Waals surface area contributed by atoms with Crippen LogP contribution < -0.4 is 15.0 Å². The van der Waals surface area contributed by atoms with E-state index in [1.54, 1.807) is 42.5 Å². The third kappa shape index (κ3) is 3.98. The van der Waals surface area contributed by atoms with E-state index in [2.05, 4.69) is 5.32 Å². The molecule has 2 aliphatic heterocycles. The van der Waals surface area contributed by atoms with E-state index in [9.17, 15) is 18.4 Å². The minimum Gasteiger partial charge on any atom is -0.497 e. The summed E-state index contributed by atoms with van der Waals surface area (Å²) >= 11 is 7.30. The summed E-state index contributed by atoms with van der Waals surface area (Å²) in [5.74, 6) is -1.21. The largest absolute Gasteiger partial charge is 0.497 e. The number of thioether (sulfide) groups is 1. The van der Waals surface area contributed by atoms with Crippen molar-refractivity contribution in [1.82, 2.24) is 4.90 Å². The molecular weight excluding hydrogens is 496 g/mol. The van der Waals surface area contributed by atoms with Gasteiger partial charge in [-0.15, -0.1) is 11.8 Å². The van der Waals surface area contributed by atoms with E-state index in [-0.39, 0.29) is 12.5 Å². The fourth-order valence-corrected chi connectivity index (χ4v) is 6.00. The Morgan fingerprint density at radius 1 is 1.11 bits per heavy atom. The van der Waals surface area contributed by atoms with Crippen molar-refractivity contribution in [3.63, 3.8) is 0 Å². The summed E-state index contributed by atoms with van der Waals surface area (Å²) < 4.78 is 32.7. The van der Waals surface area contributed by atoms with Crippen molar-refractivity contribution in [2.24, 2.45) is 0 Å². The first kappa shape index (κ1) is 23.4. The maximum absolute atomic E-state index is 14.0. The molecule has 2 aliphatic rings. The number of anilines is 2. The van der Waals surface area contributed by atoms with Crippen LogP contribution in [0.5, 0.6) is 5.75 Å². The molecule has 2 heterocycles. The van der Waals surface area contributed by atoms with Crippen LogP contribution in [0.2, 0.25) is 5.02 Å². The quantitative estimate of drug-likeness (QED) is 0.491. The third-order valence-electron chi connectivity index (χ3n) is 6.07. The van der Waals surface area contributed by atoms with Gasteiger partial charge in [-0.3, -0.25) is 9.69 Å². The van der Waals surface area contributed by atoms with Crippen LogP contribution in [0.15, 0.2) is 60.7 Å². The Hall–Kier alpha value is -3.30. The average Bonchev–Trinajstić information content (AvgIpc) is 3.40. The van der Waals surface area contributed by atoms with Crippen LogP contribution in [-0.2, 0) is 16.2 Å². The number of nitrogens with zero attached hydrogens (tertiary/aromatic N) is 2. The Labute approximate surface area is 209 Å². The molecule has 1 spiro atoms. The van der Waals surface area contributed by atoms with Crippen molar-refractivity contribution in [2.75, 3.05) is 29.6 Å². The molecule has 5 rings (SSSR count). The van der Waals surface area contributed by atoms with E-state index < -0.39 is 22.5 Å². The number of halogens is 3. The number of hydrogen-bond donors (Lipinski definition) is 1. The zero-order valence-electron chi connectivity index (χ0n) is 18.6. The van der Waals surface area contributed by atoms with Gasteiger partial charge in [-0.1, -0.05) is 17.7 Å². The van der Waals surface area contributed by atoms with Gasteiger partial charge >= 0.3 is 6.03 Å². The molecule has 35 heavy (non-hydrogen) atoms. The Kier molecular flexibility index (Phi) is 6.06. The van der Waals surface area contributed by atoms with Crippen LogP contribution in [0.3, 0.4) is 0 Å². The molecule has 0 aromatic heterocycles. The van der Waals surface area contributed by atoms with Crippen molar-refractivity contribution in [1.29, 1.82) is 0 Å². The lowest BCUT2D eigenvalue weighted by Crippen LogP contribution is -2.51. The molecule has 3 amide bonds. The number of benzene rings is 3. The lowest BCUT2D eigenvalue weighted by atomic mass is 10.1. The molecule has 1 N–H and O–H groups in total. The van der Waals surface area contributed by atoms with E-state index in [0.29, 0.717) is 45.6 Å². The van der Waals surface area contributed by atoms with Crippen molar-refractivity contribution < 1.29 is 23.1 Å². The highest BCUT2D eigenvalue weighted by Gasteiger charge is 2.59. The van der Waals surface area contributed by atoms with Gasteiger partial charge in [-0.2, -0.15) is 0 Å². The molecule has 1 atom stereocenters. The highest BCUT2D eigenvalue weighted by Crippen LogP contribution is 2.55. The zero-order valence-corrected chi connectivity index (χ0v) is 20.1. The van der Waals surface area contributed by atoms with Gasteiger partial charge < -0.3 is 15.0 Å². The Balaban J connectivity index is 1.54. The minimum atomic E-state index is -1.32. The second kappa shape index (κ2) is 9.05. The van der Waals surface area contributed by atoms with Crippen LogP contribution in [0.25, 0.3) is 0 Å². The molecule has 0 aliphatic carbocycles. The first-order chi connectivity index (χ1) is 16.8. The number of rotatable bonds is 4. The van der Waals surface area contributed by atoms with Gasteiger partial charge in [0.15, 0.2) is 16.5 Å². The van der Waals surface area contributed by atoms with Gasteiger partial charge in [0.05, 0.1) is 19.3 Å². The fourth-order valence-electron chi connectivity index (χ4n) is 4.42. The second-order valence-corrected chi connectivity index (χ2v) is 9.83. The number of carbonyl (C=O) groups is 2. The number of nitrogens with one attached hydrogen (secondary N) is 1. The normalized spacial score (nSPS) is 18.8. The van der Waals surface area contributed by atoms with Crippen LogP contribution in [-0.4, -0.2) is 36.2 Å². The SMILES string of the molecule is COc1ccc2c(c1)C1(SCCN1C(=O)Nc1ccc(Cl)cc1)C(=O)N2Cc1ccc(F)c(F)c1. The van der Waals surface area contributed by atoms with Gasteiger partial charge in [-0.25, -0.2) is 13.6 Å². The maximum atomic E-state index is 14.0. The molecule has 3 aromatic rings. The van der Waals surface area contributed by atoms with E-state index in [1.165, 1.54) is 34.7 Å². The Bertz CT molecular complexity index is 1320. The number of methoxy groups -OCH3 is 1. The lowest BCUT2D eigenvalue weighted by Gasteiger charge is -2.33. The third-order valence-corrected chi connectivity index (χ3v) is 7.74. The molecule has 1 saturated heterocycles. The molecule has 3 aromatic carbocycles. The monoisotopic (exact) mass is 515 g/mol. The molecule has 0 saturated carbocycles. The molecule has 0 bridgehead atoms. The summed E-state index contributed by atoms with van der Waals surface area (Å²) in [5.41, 5.74) is 2.16. The molecule has 1 unspecified atom stereocenters. The summed E-state index contributed by atoms with van der Waals surface area (Å²) in [6, 6.07) is 15.0. The molecule has 180 valence electrons. The van der Waals surface area contributed by atoms with E-state index in [1.807, 2.05) is 0 Å². The van der Waals surface area contributed by atoms with Gasteiger partial charge in [0.2, 0.25) is 0 Å². The lowest BCUT2D eigenvalue weighted by molar-refractivity contribution is -0.123. The zero-order chi connectivity index (χ0) is 24.7. The van der Waals surface area contributed by atoms with E-state index in [0.717, 1.165) is 12.1 Å². The highest BCUT2D eigenvalue weighted by molar-refractivity contribution is 8.01. The van der Waals surface area contributed by atoms with Crippen LogP contribution >= 0.6 is 23.4 Å². The van der Waals surface area contributed by atoms with E-state index >= 15 is 0 Å². The smallest absolute Gasteiger partial charge is 0.323 e. The van der Waals surface area contributed by atoms with E-state index in [4.69, 9.17) is 16.3 Å². The van der Waals surface area contributed by atoms with Gasteiger partial charge in [0, 0.05) is 28.6 Å². The highest BCUT2D eigenvalue weighted by atomic mass is 35.5. The first-order valence-electron chi connectivity index (χ1n) is 10.8. The summed E-state index contributed by atoms with van der Waals surface area (Å²) in [4.78, 5) is 29.1. The summed E-state index contributed by atoms with van der Waals surface area (Å²) in [6.45, 7) is 0.357. The summed E-state index contributed by atoms with van der Waals surface area (Å²) in [7, 11) is 1.52. The van der Waals surface area contributed by atoms with Crippen molar-refractivity contribution in [2.45, 2.75) is 11.4 Å². The van der Waals surface area contributed by atoms with Crippen molar-refractivity contribution >= 4 is 46.7 Å². The van der Waals surface area contributed by atoms with Gasteiger partial charge in [-0.05, 0) is 60.2 Å². The number of amides is 3. The predicted octanol–water partition coefficient (Wildman–Crippen LogP) is 5.61. The maximum Gasteiger partial charge on any atom is 0.323 e. The van der Waals surface area contributed by atoms with Gasteiger partial charge in [0.1, 0.15) is 5.75 Å². The van der Waals surface area contributed by atoms with Crippen molar-refractivity contribution in [3.8, 4) is 5.75 Å². The fraction of sp³-hybridized carbons (Fsp3) is 0.200. The number of ether oxygens (including phenoxy) is 1. The van der Waals surface area contributed by atoms with Crippen LogP contribution in [0, 0.1) is 11.6 Å². The summed E-state index contributed by atoms with van der Waals surface area (Å²) in [6.07, 6.45) is 0. The minimum absolute atomic E-state index is 0.0182. The Morgan fingerprint density at radius 3 is 2.60 bits per heavy atom. The second-order valence-electron chi connectivity index (χ2n) is 8.10. The first-order valence-corrected chi connectivity index (χ1v) is 12.1. The van der Waals surface area contributed by atoms with Crippen LogP contribution in [0.4, 0.5) is 25.0 Å². The molecule has 1 fully saturated rings. The predicted molar refractivity (Wildman–Crippen MR) is 132 cm³/mol. The number of hydrogen-bond acceptors (Lipinski definition) is 4.